The Morgan fingerprint density at radius 3 is 2.70 bits per heavy atom. The molecule has 1 saturated heterocycles. The molecule has 3 heterocycles. The van der Waals surface area contributed by atoms with Gasteiger partial charge in [-0.3, -0.25) is 4.68 Å². The molecule has 33 heavy (non-hydrogen) atoms. The molecule has 0 aliphatic carbocycles. The van der Waals surface area contributed by atoms with Crippen LogP contribution in [0.1, 0.15) is 37.8 Å². The number of nitrogens with one attached hydrogen (secondary N) is 1. The van der Waals surface area contributed by atoms with E-state index in [1.807, 2.05) is 52.3 Å². The minimum atomic E-state index is -0.251. The molecule has 1 N–H and O–H groups in total. The zero-order valence-electron chi connectivity index (χ0n) is 19.3. The van der Waals surface area contributed by atoms with E-state index in [1.54, 1.807) is 13.2 Å². The Morgan fingerprint density at radius 2 is 1.94 bits per heavy atom. The first kappa shape index (κ1) is 21.9. The van der Waals surface area contributed by atoms with Crippen LogP contribution in [0.5, 0.6) is 11.5 Å². The molecule has 5 rings (SSSR count). The van der Waals surface area contributed by atoms with Gasteiger partial charge in [-0.15, -0.1) is 0 Å². The number of para-hydroxylation sites is 1. The van der Waals surface area contributed by atoms with Gasteiger partial charge in [0.15, 0.2) is 0 Å². The lowest BCUT2D eigenvalue weighted by Crippen LogP contribution is -2.39. The highest BCUT2D eigenvalue weighted by molar-refractivity contribution is 5.78. The van der Waals surface area contributed by atoms with Gasteiger partial charge < -0.3 is 19.7 Å². The maximum absolute atomic E-state index is 15.7. The number of aromatic nitrogens is 2. The molecule has 0 spiro atoms. The highest BCUT2D eigenvalue weighted by Crippen LogP contribution is 2.46. The minimum Gasteiger partial charge on any atom is -0.456 e. The number of piperidine rings is 1. The summed E-state index contributed by atoms with van der Waals surface area (Å²) in [5, 5.41) is 8.04. The second-order valence-corrected chi connectivity index (χ2v) is 8.94. The summed E-state index contributed by atoms with van der Waals surface area (Å²) in [5.74, 6) is 1.18. The number of hydrogen-bond acceptors (Lipinski definition) is 5. The maximum Gasteiger partial charge on any atom is 0.147 e. The summed E-state index contributed by atoms with van der Waals surface area (Å²) in [7, 11) is 1.64. The van der Waals surface area contributed by atoms with Gasteiger partial charge in [-0.05, 0) is 63.9 Å². The lowest BCUT2D eigenvalue weighted by Gasteiger charge is -2.37. The van der Waals surface area contributed by atoms with Crippen molar-refractivity contribution in [2.45, 2.75) is 44.7 Å². The zero-order valence-corrected chi connectivity index (χ0v) is 19.3. The maximum atomic E-state index is 15.7. The normalized spacial score (nSPS) is 18.9. The Labute approximate surface area is 194 Å². The fraction of sp³-hybridized carbons (Fsp3) is 0.423. The van der Waals surface area contributed by atoms with Crippen LogP contribution in [0.4, 0.5) is 10.1 Å². The molecule has 2 aromatic carbocycles. The smallest absolute Gasteiger partial charge is 0.147 e. The van der Waals surface area contributed by atoms with Crippen LogP contribution in [-0.4, -0.2) is 42.8 Å². The molecule has 1 aromatic heterocycles. The largest absolute Gasteiger partial charge is 0.456 e. The molecule has 0 radical (unpaired) electrons. The van der Waals surface area contributed by atoms with Crippen LogP contribution in [0.3, 0.4) is 0 Å². The second-order valence-electron chi connectivity index (χ2n) is 8.94. The summed E-state index contributed by atoms with van der Waals surface area (Å²) < 4.78 is 29.5. The Kier molecular flexibility index (Phi) is 6.33. The number of halogens is 1. The SMILES string of the molecule is COCN1c2c(F)cc(-c3cnn(C4CCNCC4)c3)c(Oc3ccccc3)c2CCC1C. The quantitative estimate of drug-likeness (QED) is 0.563. The number of fused-ring (bicyclic) bond motifs is 1. The van der Waals surface area contributed by atoms with Gasteiger partial charge in [0.05, 0.1) is 17.9 Å². The van der Waals surface area contributed by atoms with E-state index in [0.29, 0.717) is 24.2 Å². The molecular weight excluding hydrogens is 419 g/mol. The average Bonchev–Trinajstić information content (AvgIpc) is 3.34. The fourth-order valence-corrected chi connectivity index (χ4v) is 4.96. The van der Waals surface area contributed by atoms with Gasteiger partial charge in [-0.25, -0.2) is 4.39 Å². The topological polar surface area (TPSA) is 51.5 Å². The van der Waals surface area contributed by atoms with E-state index in [0.717, 1.165) is 61.2 Å². The van der Waals surface area contributed by atoms with Gasteiger partial charge in [-0.2, -0.15) is 5.10 Å². The third kappa shape index (κ3) is 4.35. The van der Waals surface area contributed by atoms with Crippen LogP contribution in [0.15, 0.2) is 48.8 Å². The van der Waals surface area contributed by atoms with Crippen molar-refractivity contribution in [1.82, 2.24) is 15.1 Å². The Balaban J connectivity index is 1.61. The van der Waals surface area contributed by atoms with Crippen molar-refractivity contribution < 1.29 is 13.9 Å². The summed E-state index contributed by atoms with van der Waals surface area (Å²) in [6.07, 6.45) is 7.59. The van der Waals surface area contributed by atoms with Crippen LogP contribution in [0.2, 0.25) is 0 Å². The number of methoxy groups -OCH3 is 1. The third-order valence-corrected chi connectivity index (χ3v) is 6.76. The predicted octanol–water partition coefficient (Wildman–Crippen LogP) is 5.15. The van der Waals surface area contributed by atoms with Crippen molar-refractivity contribution in [3.05, 3.63) is 60.2 Å². The summed E-state index contributed by atoms with van der Waals surface area (Å²) in [6, 6.07) is 11.8. The van der Waals surface area contributed by atoms with Crippen molar-refractivity contribution in [2.24, 2.45) is 0 Å². The standard InChI is InChI=1S/C26H31FN4O2/c1-18-8-9-22-25(30(18)17-32-2)24(27)14-23(26(22)33-21-6-4-3-5-7-21)19-15-29-31(16-19)20-10-12-28-13-11-20/h3-7,14-16,18,20,28H,8-13,17H2,1-2H3. The zero-order chi connectivity index (χ0) is 22.8. The van der Waals surface area contributed by atoms with E-state index < -0.39 is 0 Å². The molecule has 2 aliphatic heterocycles. The summed E-state index contributed by atoms with van der Waals surface area (Å²) in [6.45, 7) is 4.42. The van der Waals surface area contributed by atoms with E-state index in [9.17, 15) is 0 Å². The number of anilines is 1. The monoisotopic (exact) mass is 450 g/mol. The molecule has 0 amide bonds. The first-order chi connectivity index (χ1) is 16.2. The van der Waals surface area contributed by atoms with Gasteiger partial charge in [0.2, 0.25) is 0 Å². The number of ether oxygens (including phenoxy) is 2. The summed E-state index contributed by atoms with van der Waals surface area (Å²) in [5.41, 5.74) is 3.08. The predicted molar refractivity (Wildman–Crippen MR) is 127 cm³/mol. The lowest BCUT2D eigenvalue weighted by molar-refractivity contribution is 0.186. The Morgan fingerprint density at radius 1 is 1.15 bits per heavy atom. The van der Waals surface area contributed by atoms with Crippen molar-refractivity contribution >= 4 is 5.69 Å². The molecule has 6 nitrogen and oxygen atoms in total. The van der Waals surface area contributed by atoms with Crippen LogP contribution >= 0.6 is 0 Å². The molecule has 174 valence electrons. The summed E-state index contributed by atoms with van der Waals surface area (Å²) >= 11 is 0. The molecule has 1 fully saturated rings. The molecular formula is C26H31FN4O2. The number of nitrogens with zero attached hydrogens (tertiary/aromatic N) is 3. The van der Waals surface area contributed by atoms with Crippen molar-refractivity contribution in [3.63, 3.8) is 0 Å². The van der Waals surface area contributed by atoms with Crippen LogP contribution in [-0.2, 0) is 11.2 Å². The first-order valence-corrected chi connectivity index (χ1v) is 11.7. The van der Waals surface area contributed by atoms with Gasteiger partial charge in [0.25, 0.3) is 0 Å². The van der Waals surface area contributed by atoms with Crippen LogP contribution in [0.25, 0.3) is 11.1 Å². The number of rotatable bonds is 6. The van der Waals surface area contributed by atoms with E-state index in [2.05, 4.69) is 17.3 Å². The van der Waals surface area contributed by atoms with Gasteiger partial charge in [-0.1, -0.05) is 18.2 Å². The second kappa shape index (κ2) is 9.53. The van der Waals surface area contributed by atoms with Crippen molar-refractivity contribution in [1.29, 1.82) is 0 Å². The first-order valence-electron chi connectivity index (χ1n) is 11.7. The molecule has 0 bridgehead atoms. The number of hydrogen-bond donors (Lipinski definition) is 1. The number of benzene rings is 2. The van der Waals surface area contributed by atoms with E-state index in [1.165, 1.54) is 0 Å². The van der Waals surface area contributed by atoms with Crippen LogP contribution < -0.4 is 15.0 Å². The van der Waals surface area contributed by atoms with Gasteiger partial charge in [0, 0.05) is 36.0 Å². The third-order valence-electron chi connectivity index (χ3n) is 6.76. The molecule has 7 heteroatoms. The van der Waals surface area contributed by atoms with E-state index in [4.69, 9.17) is 9.47 Å². The highest BCUT2D eigenvalue weighted by atomic mass is 19.1. The Bertz CT molecular complexity index is 1100. The Hall–Kier alpha value is -2.90. The van der Waals surface area contributed by atoms with Gasteiger partial charge in [0.1, 0.15) is 24.0 Å². The highest BCUT2D eigenvalue weighted by Gasteiger charge is 2.31. The molecule has 0 saturated carbocycles. The van der Waals surface area contributed by atoms with E-state index in [-0.39, 0.29) is 11.9 Å². The average molecular weight is 451 g/mol. The molecule has 2 aliphatic rings. The summed E-state index contributed by atoms with van der Waals surface area (Å²) in [4.78, 5) is 1.99. The van der Waals surface area contributed by atoms with Crippen molar-refractivity contribution in [2.75, 3.05) is 31.8 Å². The van der Waals surface area contributed by atoms with Crippen molar-refractivity contribution in [3.8, 4) is 22.6 Å². The van der Waals surface area contributed by atoms with E-state index >= 15 is 4.39 Å². The lowest BCUT2D eigenvalue weighted by atomic mass is 9.92. The molecule has 1 atom stereocenters. The van der Waals surface area contributed by atoms with Gasteiger partial charge >= 0.3 is 0 Å². The van der Waals surface area contributed by atoms with Crippen LogP contribution in [0, 0.1) is 5.82 Å². The molecule has 1 unspecified atom stereocenters. The minimum absolute atomic E-state index is 0.185. The fourth-order valence-electron chi connectivity index (χ4n) is 4.96. The molecule has 3 aromatic rings.